The Hall–Kier alpha value is -1.30. The van der Waals surface area contributed by atoms with Crippen LogP contribution in [0.2, 0.25) is 0 Å². The molecule has 1 saturated heterocycles. The Labute approximate surface area is 110 Å². The van der Waals surface area contributed by atoms with Gasteiger partial charge in [-0.2, -0.15) is 0 Å². The van der Waals surface area contributed by atoms with Gasteiger partial charge in [0.1, 0.15) is 0 Å². The van der Waals surface area contributed by atoms with Crippen molar-refractivity contribution < 1.29 is 0 Å². The molecule has 1 aliphatic rings. The van der Waals surface area contributed by atoms with Crippen molar-refractivity contribution in [3.8, 4) is 12.3 Å². The highest BCUT2D eigenvalue weighted by Gasteiger charge is 2.20. The van der Waals surface area contributed by atoms with Gasteiger partial charge in [0, 0.05) is 19.1 Å². The average molecular weight is 242 g/mol. The average Bonchev–Trinajstić information content (AvgIpc) is 2.65. The van der Waals surface area contributed by atoms with E-state index in [0.717, 1.165) is 26.1 Å². The molecule has 2 atom stereocenters. The summed E-state index contributed by atoms with van der Waals surface area (Å²) in [5, 5.41) is 3.63. The summed E-state index contributed by atoms with van der Waals surface area (Å²) in [6.07, 6.45) is 7.80. The van der Waals surface area contributed by atoms with E-state index >= 15 is 0 Å². The number of nitrogens with one attached hydrogen (secondary N) is 1. The lowest BCUT2D eigenvalue weighted by molar-refractivity contribution is 0.242. The molecule has 0 bridgehead atoms. The molecule has 18 heavy (non-hydrogen) atoms. The molecule has 1 aromatic carbocycles. The number of hydrogen-bond donors (Lipinski definition) is 1. The summed E-state index contributed by atoms with van der Waals surface area (Å²) >= 11 is 0. The zero-order valence-electron chi connectivity index (χ0n) is 11.1. The van der Waals surface area contributed by atoms with Crippen LogP contribution in [0.5, 0.6) is 0 Å². The third-order valence-electron chi connectivity index (χ3n) is 3.62. The van der Waals surface area contributed by atoms with E-state index in [4.69, 9.17) is 6.42 Å². The van der Waals surface area contributed by atoms with Gasteiger partial charge >= 0.3 is 0 Å². The molecule has 0 spiro atoms. The van der Waals surface area contributed by atoms with Gasteiger partial charge < -0.3 is 5.32 Å². The maximum atomic E-state index is 5.54. The first-order valence-electron chi connectivity index (χ1n) is 6.77. The standard InChI is InChI=1S/C16H22N2/c1-3-14(2)18-11-7-10-17-16(13-18)12-15-8-5-4-6-9-15/h1,4-6,8-9,14,16-17H,7,10-13H2,2H3. The summed E-state index contributed by atoms with van der Waals surface area (Å²) < 4.78 is 0. The van der Waals surface area contributed by atoms with E-state index in [1.54, 1.807) is 0 Å². The maximum Gasteiger partial charge on any atom is 0.0683 e. The first-order valence-corrected chi connectivity index (χ1v) is 6.77. The fraction of sp³-hybridized carbons (Fsp3) is 0.500. The molecule has 0 saturated carbocycles. The third-order valence-corrected chi connectivity index (χ3v) is 3.62. The molecule has 1 aliphatic heterocycles. The molecule has 1 aromatic rings. The molecule has 2 rings (SSSR count). The van der Waals surface area contributed by atoms with Crippen molar-refractivity contribution in [2.24, 2.45) is 0 Å². The first kappa shape index (κ1) is 13.1. The van der Waals surface area contributed by atoms with Crippen LogP contribution in [0, 0.1) is 12.3 Å². The van der Waals surface area contributed by atoms with Crippen LogP contribution in [-0.2, 0) is 6.42 Å². The minimum atomic E-state index is 0.239. The normalized spacial score (nSPS) is 23.0. The zero-order chi connectivity index (χ0) is 12.8. The predicted molar refractivity (Wildman–Crippen MR) is 76.4 cm³/mol. The fourth-order valence-electron chi connectivity index (χ4n) is 2.52. The van der Waals surface area contributed by atoms with Crippen LogP contribution in [0.15, 0.2) is 30.3 Å². The number of rotatable bonds is 3. The first-order chi connectivity index (χ1) is 8.79. The number of nitrogens with zero attached hydrogens (tertiary/aromatic N) is 1. The summed E-state index contributed by atoms with van der Waals surface area (Å²) in [5.41, 5.74) is 1.39. The van der Waals surface area contributed by atoms with Gasteiger partial charge in [-0.05, 0) is 31.9 Å². The highest BCUT2D eigenvalue weighted by Crippen LogP contribution is 2.10. The molecule has 1 N–H and O–H groups in total. The van der Waals surface area contributed by atoms with Gasteiger partial charge in [-0.3, -0.25) is 4.90 Å². The van der Waals surface area contributed by atoms with Crippen molar-refractivity contribution in [1.29, 1.82) is 0 Å². The molecular formula is C16H22N2. The topological polar surface area (TPSA) is 15.3 Å². The fourth-order valence-corrected chi connectivity index (χ4v) is 2.52. The smallest absolute Gasteiger partial charge is 0.0683 e. The minimum absolute atomic E-state index is 0.239. The largest absolute Gasteiger partial charge is 0.312 e. The second-order valence-electron chi connectivity index (χ2n) is 5.03. The van der Waals surface area contributed by atoms with Gasteiger partial charge in [0.2, 0.25) is 0 Å². The summed E-state index contributed by atoms with van der Waals surface area (Å²) in [6, 6.07) is 11.4. The Balaban J connectivity index is 1.97. The Morgan fingerprint density at radius 2 is 2.22 bits per heavy atom. The number of hydrogen-bond acceptors (Lipinski definition) is 2. The highest BCUT2D eigenvalue weighted by molar-refractivity contribution is 5.16. The Kier molecular flexibility index (Phi) is 4.81. The van der Waals surface area contributed by atoms with Crippen molar-refractivity contribution in [2.75, 3.05) is 19.6 Å². The van der Waals surface area contributed by atoms with Crippen LogP contribution >= 0.6 is 0 Å². The predicted octanol–water partition coefficient (Wildman–Crippen LogP) is 1.91. The lowest BCUT2D eigenvalue weighted by Crippen LogP contribution is -2.42. The molecule has 0 aromatic heterocycles. The van der Waals surface area contributed by atoms with Crippen LogP contribution < -0.4 is 5.32 Å². The SMILES string of the molecule is C#CC(C)N1CCCNC(Cc2ccccc2)C1. The summed E-state index contributed by atoms with van der Waals surface area (Å²) in [5.74, 6) is 2.84. The van der Waals surface area contributed by atoms with Gasteiger partial charge in [0.05, 0.1) is 6.04 Å². The lowest BCUT2D eigenvalue weighted by Gasteiger charge is -2.27. The molecular weight excluding hydrogens is 220 g/mol. The molecule has 0 radical (unpaired) electrons. The third kappa shape index (κ3) is 3.60. The van der Waals surface area contributed by atoms with E-state index in [0.29, 0.717) is 6.04 Å². The van der Waals surface area contributed by atoms with Crippen molar-refractivity contribution in [1.82, 2.24) is 10.2 Å². The minimum Gasteiger partial charge on any atom is -0.312 e. The quantitative estimate of drug-likeness (QED) is 0.815. The molecule has 96 valence electrons. The van der Waals surface area contributed by atoms with Gasteiger partial charge in [-0.15, -0.1) is 6.42 Å². The molecule has 1 fully saturated rings. The van der Waals surface area contributed by atoms with Crippen molar-refractivity contribution in [3.05, 3.63) is 35.9 Å². The summed E-state index contributed by atoms with van der Waals surface area (Å²) in [6.45, 7) is 5.35. The molecule has 1 heterocycles. The maximum absolute atomic E-state index is 5.54. The van der Waals surface area contributed by atoms with E-state index in [9.17, 15) is 0 Å². The molecule has 0 aliphatic carbocycles. The second kappa shape index (κ2) is 6.58. The monoisotopic (exact) mass is 242 g/mol. The zero-order valence-corrected chi connectivity index (χ0v) is 11.1. The van der Waals surface area contributed by atoms with E-state index in [1.165, 1.54) is 12.0 Å². The van der Waals surface area contributed by atoms with Crippen molar-refractivity contribution in [2.45, 2.75) is 31.8 Å². The number of benzene rings is 1. The van der Waals surface area contributed by atoms with Crippen LogP contribution in [0.3, 0.4) is 0 Å². The Morgan fingerprint density at radius 1 is 1.44 bits per heavy atom. The van der Waals surface area contributed by atoms with Crippen molar-refractivity contribution in [3.63, 3.8) is 0 Å². The van der Waals surface area contributed by atoms with Gasteiger partial charge in [0.25, 0.3) is 0 Å². The Morgan fingerprint density at radius 3 is 2.94 bits per heavy atom. The van der Waals surface area contributed by atoms with Gasteiger partial charge in [-0.25, -0.2) is 0 Å². The van der Waals surface area contributed by atoms with E-state index in [1.807, 2.05) is 0 Å². The van der Waals surface area contributed by atoms with E-state index < -0.39 is 0 Å². The Bertz CT molecular complexity index is 393. The van der Waals surface area contributed by atoms with Crippen LogP contribution in [-0.4, -0.2) is 36.6 Å². The number of terminal acetylenes is 1. The molecule has 2 unspecified atom stereocenters. The summed E-state index contributed by atoms with van der Waals surface area (Å²) in [4.78, 5) is 2.41. The van der Waals surface area contributed by atoms with Crippen LogP contribution in [0.4, 0.5) is 0 Å². The van der Waals surface area contributed by atoms with Crippen molar-refractivity contribution >= 4 is 0 Å². The van der Waals surface area contributed by atoms with Gasteiger partial charge in [-0.1, -0.05) is 36.3 Å². The van der Waals surface area contributed by atoms with Crippen LogP contribution in [0.1, 0.15) is 18.9 Å². The van der Waals surface area contributed by atoms with Gasteiger partial charge in [0.15, 0.2) is 0 Å². The van der Waals surface area contributed by atoms with Crippen LogP contribution in [0.25, 0.3) is 0 Å². The highest BCUT2D eigenvalue weighted by atomic mass is 15.2. The molecule has 0 amide bonds. The van der Waals surface area contributed by atoms with E-state index in [-0.39, 0.29) is 6.04 Å². The summed E-state index contributed by atoms with van der Waals surface area (Å²) in [7, 11) is 0. The second-order valence-corrected chi connectivity index (χ2v) is 5.03. The molecule has 2 nitrogen and oxygen atoms in total. The molecule has 2 heteroatoms. The van der Waals surface area contributed by atoms with E-state index in [2.05, 4.69) is 53.4 Å². The lowest BCUT2D eigenvalue weighted by atomic mass is 10.1.